The molecule has 0 atom stereocenters. The highest BCUT2D eigenvalue weighted by Gasteiger charge is 1.90. The Balaban J connectivity index is 0. The molecule has 3 N–H and O–H groups in total. The van der Waals surface area contributed by atoms with E-state index in [-0.39, 0.29) is 0 Å². The molecule has 0 fully saturated rings. The van der Waals surface area contributed by atoms with E-state index in [0.717, 1.165) is 12.5 Å². The Bertz CT molecular complexity index is 368. The van der Waals surface area contributed by atoms with Crippen molar-refractivity contribution in [3.05, 3.63) is 48.6 Å². The van der Waals surface area contributed by atoms with Crippen molar-refractivity contribution in [3.8, 4) is 0 Å². The van der Waals surface area contributed by atoms with Gasteiger partial charge in [0.1, 0.15) is 0 Å². The fraction of sp³-hybridized carbons (Fsp3) is 0.550. The highest BCUT2D eigenvalue weighted by Crippen LogP contribution is 2.10. The van der Waals surface area contributed by atoms with Gasteiger partial charge in [0.2, 0.25) is 0 Å². The molecule has 0 heterocycles. The van der Waals surface area contributed by atoms with Crippen molar-refractivity contribution < 1.29 is 20.4 Å². The van der Waals surface area contributed by atoms with E-state index in [9.17, 15) is 4.79 Å². The summed E-state index contributed by atoms with van der Waals surface area (Å²) in [7, 11) is 0. The molecule has 0 radical (unpaired) electrons. The second-order valence-electron chi connectivity index (χ2n) is 5.51. The van der Waals surface area contributed by atoms with Crippen LogP contribution in [0.25, 0.3) is 0 Å². The van der Waals surface area contributed by atoms with Crippen molar-refractivity contribution in [2.75, 3.05) is 0 Å². The maximum Gasteiger partial charge on any atom is 0.328 e. The van der Waals surface area contributed by atoms with Gasteiger partial charge in [-0.25, -0.2) is 4.79 Å². The molecule has 4 heteroatoms. The summed E-state index contributed by atoms with van der Waals surface area (Å²) in [6.45, 7) is 2.26. The summed E-state index contributed by atoms with van der Waals surface area (Å²) in [6, 6.07) is 0. The van der Waals surface area contributed by atoms with Gasteiger partial charge in [0.25, 0.3) is 0 Å². The Morgan fingerprint density at radius 3 is 1.71 bits per heavy atom. The Morgan fingerprint density at radius 2 is 1.17 bits per heavy atom. The van der Waals surface area contributed by atoms with Crippen LogP contribution in [0.4, 0.5) is 0 Å². The predicted octanol–water partition coefficient (Wildman–Crippen LogP) is 6.23. The molecule has 0 aromatic rings. The first-order valence-electron chi connectivity index (χ1n) is 8.87. The summed E-state index contributed by atoms with van der Waals surface area (Å²) >= 11 is 0. The van der Waals surface area contributed by atoms with Crippen molar-refractivity contribution in [2.24, 2.45) is 0 Å². The first kappa shape index (κ1) is 24.6. The van der Waals surface area contributed by atoms with Crippen molar-refractivity contribution in [1.82, 2.24) is 0 Å². The van der Waals surface area contributed by atoms with Gasteiger partial charge in [0, 0.05) is 6.08 Å². The molecule has 0 spiro atoms. The molecule has 0 aromatic heterocycles. The lowest BCUT2D eigenvalue weighted by Gasteiger charge is -2.00. The number of unbranched alkanes of at least 4 members (excludes halogenated alkanes) is 9. The number of hydrogen-bond donors (Lipinski definition) is 3. The number of hydrogen-bond acceptors (Lipinski definition) is 3. The average molecular weight is 338 g/mol. The third kappa shape index (κ3) is 25.3. The maximum atomic E-state index is 10.2. The molecule has 0 unspecified atom stereocenters. The fourth-order valence-corrected chi connectivity index (χ4v) is 2.14. The predicted molar refractivity (Wildman–Crippen MR) is 101 cm³/mol. The third-order valence-electron chi connectivity index (χ3n) is 3.40. The summed E-state index contributed by atoms with van der Waals surface area (Å²) < 4.78 is 0. The van der Waals surface area contributed by atoms with Gasteiger partial charge >= 0.3 is 5.97 Å². The fourth-order valence-electron chi connectivity index (χ4n) is 2.14. The molecule has 0 saturated heterocycles. The molecule has 0 aromatic carbocycles. The lowest BCUT2D eigenvalue weighted by atomic mass is 10.1. The Hall–Kier alpha value is -1.65. The van der Waals surface area contributed by atoms with Crippen molar-refractivity contribution in [3.63, 3.8) is 0 Å². The van der Waals surface area contributed by atoms with E-state index in [1.807, 2.05) is 18.2 Å². The van der Waals surface area contributed by atoms with Crippen LogP contribution in [0.5, 0.6) is 0 Å². The van der Waals surface area contributed by atoms with Gasteiger partial charge in [-0.2, -0.15) is 0 Å². The van der Waals surface area contributed by atoms with Crippen molar-refractivity contribution in [1.29, 1.82) is 0 Å². The smallest absolute Gasteiger partial charge is 0.328 e. The van der Waals surface area contributed by atoms with Crippen LogP contribution < -0.4 is 0 Å². The zero-order chi connectivity index (χ0) is 18.3. The lowest BCUT2D eigenvalue weighted by molar-refractivity contribution is -0.176. The molecule has 0 saturated carbocycles. The first-order chi connectivity index (χ1) is 11.8. The van der Waals surface area contributed by atoms with Crippen LogP contribution >= 0.6 is 0 Å². The normalized spacial score (nSPS) is 11.6. The molecule has 0 bridgehead atoms. The van der Waals surface area contributed by atoms with Crippen LogP contribution in [0.2, 0.25) is 0 Å². The lowest BCUT2D eigenvalue weighted by Crippen LogP contribution is -1.84. The minimum atomic E-state index is -0.922. The molecule has 4 nitrogen and oxygen atoms in total. The highest BCUT2D eigenvalue weighted by atomic mass is 17.0. The minimum absolute atomic E-state index is 0.922. The largest absolute Gasteiger partial charge is 0.478 e. The number of allylic oxidation sites excluding steroid dienone is 7. The monoisotopic (exact) mass is 338 g/mol. The van der Waals surface area contributed by atoms with Crippen LogP contribution in [-0.4, -0.2) is 21.6 Å². The van der Waals surface area contributed by atoms with E-state index >= 15 is 0 Å². The third-order valence-corrected chi connectivity index (χ3v) is 3.40. The van der Waals surface area contributed by atoms with Gasteiger partial charge in [0.05, 0.1) is 0 Å². The van der Waals surface area contributed by atoms with E-state index in [1.54, 1.807) is 6.08 Å². The molecular formula is C20H34O4. The molecule has 24 heavy (non-hydrogen) atoms. The van der Waals surface area contributed by atoms with E-state index in [2.05, 4.69) is 19.1 Å². The topological polar surface area (TPSA) is 77.8 Å². The van der Waals surface area contributed by atoms with Crippen LogP contribution in [0.15, 0.2) is 48.6 Å². The van der Waals surface area contributed by atoms with Crippen LogP contribution in [0.1, 0.15) is 71.1 Å². The van der Waals surface area contributed by atoms with Crippen molar-refractivity contribution >= 4 is 5.97 Å². The number of aliphatic carboxylic acids is 1. The Kier molecular flexibility index (Phi) is 24.2. The number of carboxylic acid groups (broad SMARTS) is 1. The molecule has 0 aliphatic rings. The molecule has 0 aliphatic carbocycles. The Morgan fingerprint density at radius 1 is 0.708 bits per heavy atom. The van der Waals surface area contributed by atoms with Gasteiger partial charge in [-0.05, 0) is 12.8 Å². The molecule has 0 rings (SSSR count). The maximum absolute atomic E-state index is 10.2. The van der Waals surface area contributed by atoms with Gasteiger partial charge < -0.3 is 5.11 Å². The van der Waals surface area contributed by atoms with Crippen LogP contribution in [0, 0.1) is 0 Å². The van der Waals surface area contributed by atoms with Crippen LogP contribution in [0.3, 0.4) is 0 Å². The summed E-state index contributed by atoms with van der Waals surface area (Å²) in [5.41, 5.74) is 0. The Labute approximate surface area is 146 Å². The van der Waals surface area contributed by atoms with E-state index < -0.39 is 5.97 Å². The molecular weight excluding hydrogens is 304 g/mol. The summed E-state index contributed by atoms with van der Waals surface area (Å²) in [4.78, 5) is 10.2. The second kappa shape index (κ2) is 23.6. The number of rotatable bonds is 14. The molecule has 0 amide bonds. The highest BCUT2D eigenvalue weighted by molar-refractivity contribution is 5.80. The van der Waals surface area contributed by atoms with Gasteiger partial charge in [-0.15, -0.1) is 0 Å². The van der Waals surface area contributed by atoms with Crippen LogP contribution in [-0.2, 0) is 4.79 Å². The van der Waals surface area contributed by atoms with E-state index in [0.29, 0.717) is 0 Å². The zero-order valence-electron chi connectivity index (χ0n) is 14.9. The number of carbonyl (C=O) groups is 1. The van der Waals surface area contributed by atoms with Gasteiger partial charge in [-0.3, -0.25) is 10.5 Å². The molecule has 0 aliphatic heterocycles. The summed E-state index contributed by atoms with van der Waals surface area (Å²) in [6.07, 6.45) is 27.7. The first-order valence-corrected chi connectivity index (χ1v) is 8.87. The summed E-state index contributed by atoms with van der Waals surface area (Å²) in [5.74, 6) is -0.922. The van der Waals surface area contributed by atoms with E-state index in [1.165, 1.54) is 63.9 Å². The van der Waals surface area contributed by atoms with Gasteiger partial charge in [0.15, 0.2) is 0 Å². The minimum Gasteiger partial charge on any atom is -0.478 e. The average Bonchev–Trinajstić information content (AvgIpc) is 2.59. The molecule has 138 valence electrons. The second-order valence-corrected chi connectivity index (χ2v) is 5.51. The van der Waals surface area contributed by atoms with Gasteiger partial charge in [-0.1, -0.05) is 101 Å². The quantitative estimate of drug-likeness (QED) is 0.115. The SMILES string of the molecule is CCCCCCCCCCCC=CC=CC=CC=CC(=O)O.OO. The zero-order valence-corrected chi connectivity index (χ0v) is 14.9. The standard InChI is InChI=1S/C20H32O2.H2O2/c1-2-3-4-5-6-7-8-9-10-11-12-13-14-15-16-17-18-19-20(21)22;1-2/h12-19H,2-11H2,1H3,(H,21,22);1-2H. The summed E-state index contributed by atoms with van der Waals surface area (Å²) in [5, 5.41) is 20.4. The van der Waals surface area contributed by atoms with Crippen molar-refractivity contribution in [2.45, 2.75) is 71.1 Å². The van der Waals surface area contributed by atoms with E-state index in [4.69, 9.17) is 15.6 Å². The number of carboxylic acids is 1.